The number of para-hydroxylation sites is 1. The van der Waals surface area contributed by atoms with Gasteiger partial charge in [0.05, 0.1) is 0 Å². The smallest absolute Gasteiger partial charge is 0.265 e. The largest absolute Gasteiger partial charge is 0.364 e. The second-order valence-electron chi connectivity index (χ2n) is 8.61. The number of piperidine rings is 1. The lowest BCUT2D eigenvalue weighted by atomic mass is 10.0. The molecule has 34 heavy (non-hydrogen) atoms. The van der Waals surface area contributed by atoms with Crippen molar-refractivity contribution in [1.82, 2.24) is 20.1 Å². The number of primary amides is 1. The van der Waals surface area contributed by atoms with Gasteiger partial charge in [0.15, 0.2) is 5.50 Å². The fraction of sp³-hybridized carbons (Fsp3) is 0.280. The molecule has 7 nitrogen and oxygen atoms in total. The van der Waals surface area contributed by atoms with E-state index < -0.39 is 17.2 Å². The van der Waals surface area contributed by atoms with Crippen LogP contribution in [-0.4, -0.2) is 51.2 Å². The van der Waals surface area contributed by atoms with E-state index in [1.807, 2.05) is 11.0 Å². The predicted molar refractivity (Wildman–Crippen MR) is 131 cm³/mol. The molecule has 2 aliphatic rings. The van der Waals surface area contributed by atoms with Crippen LogP contribution in [0.25, 0.3) is 10.9 Å². The highest BCUT2D eigenvalue weighted by molar-refractivity contribution is 8.02. The van der Waals surface area contributed by atoms with E-state index in [2.05, 4.69) is 39.6 Å². The Hall–Kier alpha value is -3.30. The molecule has 1 fully saturated rings. The van der Waals surface area contributed by atoms with Crippen molar-refractivity contribution in [1.29, 1.82) is 0 Å². The van der Waals surface area contributed by atoms with E-state index in [9.17, 15) is 14.0 Å². The van der Waals surface area contributed by atoms with Gasteiger partial charge in [-0.25, -0.2) is 4.39 Å². The number of nitrogens with one attached hydrogen (secondary N) is 2. The molecule has 1 aromatic heterocycles. The van der Waals surface area contributed by atoms with Crippen molar-refractivity contribution >= 4 is 34.5 Å². The van der Waals surface area contributed by atoms with Crippen LogP contribution in [0.5, 0.6) is 0 Å². The van der Waals surface area contributed by atoms with Crippen LogP contribution in [-0.2, 0) is 11.3 Å². The van der Waals surface area contributed by atoms with E-state index in [0.717, 1.165) is 38.0 Å². The number of carbonyl (C=O) groups is 2. The summed E-state index contributed by atoms with van der Waals surface area (Å²) in [7, 11) is 0. The molecule has 2 aromatic carbocycles. The summed E-state index contributed by atoms with van der Waals surface area (Å²) in [6.07, 6.45) is 3.76. The van der Waals surface area contributed by atoms with E-state index in [0.29, 0.717) is 11.3 Å². The van der Waals surface area contributed by atoms with Gasteiger partial charge in [0, 0.05) is 53.7 Å². The van der Waals surface area contributed by atoms with E-state index in [1.54, 1.807) is 5.41 Å². The summed E-state index contributed by atoms with van der Waals surface area (Å²) >= 11 is 1.35. The van der Waals surface area contributed by atoms with Gasteiger partial charge in [0.2, 0.25) is 0 Å². The number of nitrogens with two attached hydrogens (primary N) is 1. The molecule has 1 saturated heterocycles. The van der Waals surface area contributed by atoms with E-state index in [-0.39, 0.29) is 11.9 Å². The summed E-state index contributed by atoms with van der Waals surface area (Å²) in [6, 6.07) is 13.8. The van der Waals surface area contributed by atoms with Crippen LogP contribution < -0.4 is 11.1 Å². The highest BCUT2D eigenvalue weighted by Gasteiger charge is 2.37. The van der Waals surface area contributed by atoms with Gasteiger partial charge in [0.1, 0.15) is 11.5 Å². The van der Waals surface area contributed by atoms with Crippen molar-refractivity contribution in [2.75, 3.05) is 13.1 Å². The monoisotopic (exact) mass is 479 g/mol. The van der Waals surface area contributed by atoms with Gasteiger partial charge >= 0.3 is 0 Å². The van der Waals surface area contributed by atoms with Gasteiger partial charge in [-0.15, -0.1) is 0 Å². The third-order valence-electron chi connectivity index (χ3n) is 6.47. The lowest BCUT2D eigenvalue weighted by Gasteiger charge is -2.41. The number of aromatic nitrogens is 1. The molecule has 0 radical (unpaired) electrons. The number of nitrogens with zero attached hydrogens (tertiary/aromatic N) is 2. The Bertz CT molecular complexity index is 1230. The number of halogens is 1. The van der Waals surface area contributed by atoms with E-state index in [1.165, 1.54) is 47.0 Å². The molecule has 0 bridgehead atoms. The summed E-state index contributed by atoms with van der Waals surface area (Å²) in [5.41, 5.74) is 8.41. The van der Waals surface area contributed by atoms with Gasteiger partial charge in [-0.1, -0.05) is 30.0 Å². The number of amides is 2. The number of hydrogen-bond donors (Lipinski definition) is 3. The fourth-order valence-electron chi connectivity index (χ4n) is 4.71. The van der Waals surface area contributed by atoms with E-state index in [4.69, 9.17) is 5.73 Å². The molecule has 5 rings (SSSR count). The van der Waals surface area contributed by atoms with Gasteiger partial charge < -0.3 is 20.9 Å². The van der Waals surface area contributed by atoms with Crippen molar-refractivity contribution in [3.05, 3.63) is 82.8 Å². The second-order valence-corrected chi connectivity index (χ2v) is 9.56. The zero-order valence-electron chi connectivity index (χ0n) is 18.5. The highest BCUT2D eigenvalue weighted by atomic mass is 32.2. The molecule has 1 atom stereocenters. The number of fused-ring (bicyclic) bond motifs is 1. The summed E-state index contributed by atoms with van der Waals surface area (Å²) in [4.78, 5) is 32.5. The lowest BCUT2D eigenvalue weighted by Crippen LogP contribution is -2.52. The quantitative estimate of drug-likeness (QED) is 0.504. The molecule has 0 aliphatic carbocycles. The molecule has 2 aliphatic heterocycles. The zero-order chi connectivity index (χ0) is 23.7. The second kappa shape index (κ2) is 9.52. The van der Waals surface area contributed by atoms with Crippen LogP contribution in [0.4, 0.5) is 4.39 Å². The van der Waals surface area contributed by atoms with Gasteiger partial charge in [-0.2, -0.15) is 0 Å². The van der Waals surface area contributed by atoms with Crippen LogP contribution in [0.1, 0.15) is 28.8 Å². The van der Waals surface area contributed by atoms with Gasteiger partial charge in [-0.3, -0.25) is 14.5 Å². The minimum Gasteiger partial charge on any atom is -0.364 e. The maximum absolute atomic E-state index is 13.2. The molecule has 3 aromatic rings. The molecular weight excluding hydrogens is 453 g/mol. The first-order valence-electron chi connectivity index (χ1n) is 11.3. The number of aromatic amines is 1. The van der Waals surface area contributed by atoms with Crippen LogP contribution in [0, 0.1) is 5.82 Å². The minimum atomic E-state index is -0.507. The molecule has 2 amide bonds. The maximum atomic E-state index is 13.2. The van der Waals surface area contributed by atoms with Crippen molar-refractivity contribution in [3.8, 4) is 0 Å². The number of likely N-dealkylation sites (tertiary alicyclic amines) is 1. The Morgan fingerprint density at radius 2 is 1.85 bits per heavy atom. The third-order valence-corrected chi connectivity index (χ3v) is 7.43. The predicted octanol–water partition coefficient (Wildman–Crippen LogP) is 3.36. The molecule has 0 spiro atoms. The Labute approximate surface area is 201 Å². The Morgan fingerprint density at radius 1 is 1.12 bits per heavy atom. The van der Waals surface area contributed by atoms with Gasteiger partial charge in [0.25, 0.3) is 11.8 Å². The minimum absolute atomic E-state index is 0.0755. The summed E-state index contributed by atoms with van der Waals surface area (Å²) in [5.74, 6) is -1.23. The van der Waals surface area contributed by atoms with Crippen LogP contribution >= 0.6 is 11.8 Å². The topological polar surface area (TPSA) is 94.5 Å². The molecule has 1 unspecified atom stereocenters. The summed E-state index contributed by atoms with van der Waals surface area (Å²) < 4.78 is 13.2. The number of rotatable bonds is 6. The van der Waals surface area contributed by atoms with Gasteiger partial charge in [-0.05, 0) is 48.7 Å². The van der Waals surface area contributed by atoms with Crippen molar-refractivity contribution < 1.29 is 14.0 Å². The number of hydrogen-bond acceptors (Lipinski definition) is 5. The number of thioether (sulfide) groups is 1. The molecule has 9 heteroatoms. The fourth-order valence-corrected chi connectivity index (χ4v) is 5.80. The zero-order valence-corrected chi connectivity index (χ0v) is 19.4. The van der Waals surface area contributed by atoms with Crippen molar-refractivity contribution in [2.24, 2.45) is 5.73 Å². The summed E-state index contributed by atoms with van der Waals surface area (Å²) in [5, 5.41) is 5.92. The van der Waals surface area contributed by atoms with Crippen LogP contribution in [0.2, 0.25) is 0 Å². The average Bonchev–Trinajstić information content (AvgIpc) is 3.45. The third kappa shape index (κ3) is 4.53. The number of carbonyl (C=O) groups excluding carboxylic acids is 2. The molecular formula is C25H26FN5O2S. The van der Waals surface area contributed by atoms with Crippen LogP contribution in [0.3, 0.4) is 0 Å². The molecule has 0 saturated carbocycles. The molecule has 3 heterocycles. The summed E-state index contributed by atoms with van der Waals surface area (Å²) in [6.45, 7) is 2.60. The lowest BCUT2D eigenvalue weighted by molar-refractivity contribution is -0.116. The number of benzene rings is 2. The van der Waals surface area contributed by atoms with Crippen LogP contribution in [0.15, 0.2) is 65.8 Å². The number of H-pyrrole nitrogens is 1. The first-order valence-corrected chi connectivity index (χ1v) is 12.2. The van der Waals surface area contributed by atoms with Crippen molar-refractivity contribution in [2.45, 2.75) is 30.9 Å². The molecule has 4 N–H and O–H groups in total. The van der Waals surface area contributed by atoms with Crippen molar-refractivity contribution in [3.63, 3.8) is 0 Å². The first kappa shape index (κ1) is 22.5. The average molecular weight is 480 g/mol. The van der Waals surface area contributed by atoms with E-state index >= 15 is 0 Å². The maximum Gasteiger partial charge on any atom is 0.265 e. The normalized spacial score (nSPS) is 19.4. The first-order chi connectivity index (χ1) is 16.5. The standard InChI is InChI=1S/C25H26FN5O2S/c26-18-7-5-16(6-8-18)24(33)29-25-31(22(15-34-25)23(27)32)19-9-11-30(12-10-19)14-17-13-28-21-4-2-1-3-20(17)21/h1-8,13,15,19,25,28H,9-12,14H2,(H2,27,32)(H,29,33). The Balaban J connectivity index is 1.25. The Kier molecular flexibility index (Phi) is 6.30. The highest BCUT2D eigenvalue weighted by Crippen LogP contribution is 2.35. The Morgan fingerprint density at radius 3 is 2.59 bits per heavy atom. The SMILES string of the molecule is NC(=O)C1=CSC(NC(=O)c2ccc(F)cc2)N1C1CCN(Cc2c[nH]c3ccccc23)CC1. The molecule has 176 valence electrons.